The second kappa shape index (κ2) is 3.07. The van der Waals surface area contributed by atoms with Gasteiger partial charge in [0, 0.05) is 12.1 Å². The number of aliphatic hydroxyl groups is 1. The molecule has 74 valence electrons. The lowest BCUT2D eigenvalue weighted by atomic mass is 9.93. The van der Waals surface area contributed by atoms with Gasteiger partial charge in [0.1, 0.15) is 0 Å². The van der Waals surface area contributed by atoms with E-state index in [2.05, 4.69) is 4.90 Å². The number of hydrogen-bond donors (Lipinski definition) is 1. The van der Waals surface area contributed by atoms with Crippen molar-refractivity contribution in [2.45, 2.75) is 31.7 Å². The number of allylic oxidation sites excluding steroid dienone is 1. The monoisotopic (exact) mass is 185 g/mol. The lowest BCUT2D eigenvalue weighted by Gasteiger charge is -2.28. The Labute approximate surface area is 78.0 Å². The van der Waals surface area contributed by atoms with E-state index >= 15 is 0 Å². The van der Waals surface area contributed by atoms with Gasteiger partial charge in [0.25, 0.3) is 0 Å². The fraction of sp³-hybridized carbons (Fsp3) is 0.800. The van der Waals surface area contributed by atoms with E-state index < -0.39 is 0 Å². The van der Waals surface area contributed by atoms with E-state index in [0.717, 1.165) is 37.9 Å². The van der Waals surface area contributed by atoms with Crippen LogP contribution in [-0.2, 0) is 0 Å². The van der Waals surface area contributed by atoms with Crippen molar-refractivity contribution in [3.63, 3.8) is 0 Å². The molecule has 0 aliphatic carbocycles. The van der Waals surface area contributed by atoms with Crippen LogP contribution in [0.3, 0.4) is 0 Å². The van der Waals surface area contributed by atoms with Gasteiger partial charge in [-0.05, 0) is 38.3 Å². The minimum Gasteiger partial charge on any atom is -0.394 e. The maximum atomic E-state index is 13.0. The van der Waals surface area contributed by atoms with Crippen molar-refractivity contribution < 1.29 is 9.50 Å². The van der Waals surface area contributed by atoms with E-state index in [1.807, 2.05) is 0 Å². The first-order chi connectivity index (χ1) is 6.18. The first-order valence-corrected chi connectivity index (χ1v) is 4.88. The molecule has 13 heavy (non-hydrogen) atoms. The summed E-state index contributed by atoms with van der Waals surface area (Å²) in [7, 11) is 0. The van der Waals surface area contributed by atoms with Gasteiger partial charge in [-0.2, -0.15) is 0 Å². The molecule has 0 saturated carbocycles. The van der Waals surface area contributed by atoms with Crippen LogP contribution in [-0.4, -0.2) is 35.2 Å². The van der Waals surface area contributed by atoms with Crippen molar-refractivity contribution in [2.75, 3.05) is 19.7 Å². The summed E-state index contributed by atoms with van der Waals surface area (Å²) in [4.78, 5) is 2.23. The number of halogens is 1. The molecule has 0 amide bonds. The summed E-state index contributed by atoms with van der Waals surface area (Å²) in [6.07, 6.45) is 2.88. The summed E-state index contributed by atoms with van der Waals surface area (Å²) in [5.41, 5.74) is 0.775. The van der Waals surface area contributed by atoms with Gasteiger partial charge in [-0.25, -0.2) is 4.39 Å². The van der Waals surface area contributed by atoms with E-state index in [1.54, 1.807) is 0 Å². The van der Waals surface area contributed by atoms with Crippen molar-refractivity contribution in [3.8, 4) is 0 Å². The van der Waals surface area contributed by atoms with E-state index in [1.165, 1.54) is 6.92 Å². The maximum absolute atomic E-state index is 13.0. The number of aliphatic hydroxyl groups excluding tert-OH is 1. The molecule has 0 bridgehead atoms. The number of nitrogens with zero attached hydrogens (tertiary/aromatic N) is 1. The molecule has 0 aromatic heterocycles. The van der Waals surface area contributed by atoms with E-state index in [4.69, 9.17) is 0 Å². The van der Waals surface area contributed by atoms with Crippen LogP contribution in [0.1, 0.15) is 26.2 Å². The zero-order valence-corrected chi connectivity index (χ0v) is 8.02. The molecule has 0 aromatic carbocycles. The molecule has 0 spiro atoms. The standard InChI is InChI=1S/C10H16FNO/c1-8(11)9-5-10(7-13)3-2-4-12(10)6-9/h13H,2-7H2,1H3/b9-8+. The Morgan fingerprint density at radius 3 is 3.00 bits per heavy atom. The summed E-state index contributed by atoms with van der Waals surface area (Å²) >= 11 is 0. The molecule has 0 radical (unpaired) electrons. The predicted molar refractivity (Wildman–Crippen MR) is 49.0 cm³/mol. The van der Waals surface area contributed by atoms with Crippen molar-refractivity contribution in [3.05, 3.63) is 11.4 Å². The van der Waals surface area contributed by atoms with Crippen LogP contribution in [0.5, 0.6) is 0 Å². The lowest BCUT2D eigenvalue weighted by molar-refractivity contribution is 0.1000. The highest BCUT2D eigenvalue weighted by Crippen LogP contribution is 2.41. The maximum Gasteiger partial charge on any atom is 0.0974 e. The quantitative estimate of drug-likeness (QED) is 0.668. The van der Waals surface area contributed by atoms with Crippen LogP contribution in [0.15, 0.2) is 11.4 Å². The average molecular weight is 185 g/mol. The third-order valence-electron chi connectivity index (χ3n) is 3.45. The number of fused-ring (bicyclic) bond motifs is 1. The van der Waals surface area contributed by atoms with Crippen LogP contribution in [0.4, 0.5) is 4.39 Å². The zero-order valence-electron chi connectivity index (χ0n) is 8.02. The third-order valence-corrected chi connectivity index (χ3v) is 3.45. The second-order valence-corrected chi connectivity index (χ2v) is 4.22. The van der Waals surface area contributed by atoms with Crippen LogP contribution >= 0.6 is 0 Å². The van der Waals surface area contributed by atoms with Gasteiger partial charge in [-0.1, -0.05) is 0 Å². The topological polar surface area (TPSA) is 23.5 Å². The van der Waals surface area contributed by atoms with Crippen molar-refractivity contribution >= 4 is 0 Å². The third kappa shape index (κ3) is 1.30. The van der Waals surface area contributed by atoms with Gasteiger partial charge in [-0.15, -0.1) is 0 Å². The van der Waals surface area contributed by atoms with Gasteiger partial charge in [0.15, 0.2) is 0 Å². The van der Waals surface area contributed by atoms with Gasteiger partial charge in [0.2, 0.25) is 0 Å². The molecular formula is C10H16FNO. The summed E-state index contributed by atoms with van der Waals surface area (Å²) in [6.45, 7) is 3.42. The molecule has 3 heteroatoms. The molecule has 2 fully saturated rings. The summed E-state index contributed by atoms with van der Waals surface area (Å²) in [5, 5.41) is 9.34. The number of rotatable bonds is 1. The SMILES string of the molecule is C/C(F)=C1\CN2CCCC2(CO)C1. The molecule has 1 unspecified atom stereocenters. The molecular weight excluding hydrogens is 169 g/mol. The van der Waals surface area contributed by atoms with Crippen molar-refractivity contribution in [1.29, 1.82) is 0 Å². The van der Waals surface area contributed by atoms with Crippen LogP contribution in [0.25, 0.3) is 0 Å². The second-order valence-electron chi connectivity index (χ2n) is 4.22. The van der Waals surface area contributed by atoms with Gasteiger partial charge < -0.3 is 5.11 Å². The van der Waals surface area contributed by atoms with Crippen LogP contribution in [0.2, 0.25) is 0 Å². The average Bonchev–Trinajstić information content (AvgIpc) is 2.58. The first-order valence-electron chi connectivity index (χ1n) is 4.88. The Bertz CT molecular complexity index is 247. The number of hydrogen-bond acceptors (Lipinski definition) is 2. The predicted octanol–water partition coefficient (Wildman–Crippen LogP) is 1.46. The molecule has 2 saturated heterocycles. The molecule has 2 aliphatic rings. The van der Waals surface area contributed by atoms with E-state index in [9.17, 15) is 9.50 Å². The van der Waals surface area contributed by atoms with Gasteiger partial charge in [-0.3, -0.25) is 4.90 Å². The normalized spacial score (nSPS) is 38.1. The molecule has 1 atom stereocenters. The molecule has 1 N–H and O–H groups in total. The Morgan fingerprint density at radius 1 is 1.69 bits per heavy atom. The Hall–Kier alpha value is -0.410. The molecule has 2 nitrogen and oxygen atoms in total. The fourth-order valence-corrected chi connectivity index (χ4v) is 2.59. The highest BCUT2D eigenvalue weighted by Gasteiger charge is 2.46. The molecule has 2 heterocycles. The Morgan fingerprint density at radius 2 is 2.46 bits per heavy atom. The van der Waals surface area contributed by atoms with Crippen LogP contribution < -0.4 is 0 Å². The van der Waals surface area contributed by atoms with Crippen LogP contribution in [0, 0.1) is 0 Å². The minimum absolute atomic E-state index is 0.0535. The molecule has 2 rings (SSSR count). The Balaban J connectivity index is 2.23. The molecule has 0 aromatic rings. The lowest BCUT2D eigenvalue weighted by Crippen LogP contribution is -2.41. The van der Waals surface area contributed by atoms with Crippen molar-refractivity contribution in [2.24, 2.45) is 0 Å². The largest absolute Gasteiger partial charge is 0.394 e. The fourth-order valence-electron chi connectivity index (χ4n) is 2.59. The molecule has 2 aliphatic heterocycles. The summed E-state index contributed by atoms with van der Waals surface area (Å²) < 4.78 is 13.0. The Kier molecular flexibility index (Phi) is 2.16. The first kappa shape index (κ1) is 9.16. The smallest absolute Gasteiger partial charge is 0.0974 e. The summed E-state index contributed by atoms with van der Waals surface area (Å²) in [6, 6.07) is 0. The van der Waals surface area contributed by atoms with Crippen molar-refractivity contribution in [1.82, 2.24) is 4.90 Å². The van der Waals surface area contributed by atoms with E-state index in [-0.39, 0.29) is 18.0 Å². The van der Waals surface area contributed by atoms with Gasteiger partial charge >= 0.3 is 0 Å². The highest BCUT2D eigenvalue weighted by atomic mass is 19.1. The zero-order chi connectivity index (χ0) is 9.47. The van der Waals surface area contributed by atoms with Gasteiger partial charge in [0.05, 0.1) is 12.4 Å². The van der Waals surface area contributed by atoms with E-state index in [0.29, 0.717) is 0 Å². The minimum atomic E-state index is -0.108. The highest BCUT2D eigenvalue weighted by molar-refractivity contribution is 5.22. The summed E-state index contributed by atoms with van der Waals surface area (Å²) in [5.74, 6) is -0.0535.